The molecule has 0 heterocycles. The number of rotatable bonds is 4. The average Bonchev–Trinajstić information content (AvgIpc) is 2.11. The number of hydrogen-bond acceptors (Lipinski definition) is 2. The molecule has 0 saturated carbocycles. The second kappa shape index (κ2) is 5.50. The van der Waals surface area contributed by atoms with E-state index in [1.807, 2.05) is 0 Å². The van der Waals surface area contributed by atoms with Crippen LogP contribution in [0.1, 0.15) is 6.92 Å². The minimum absolute atomic E-state index is 0.340. The predicted octanol–water partition coefficient (Wildman–Crippen LogP) is 4.53. The maximum absolute atomic E-state index is 5.90. The smallest absolute Gasteiger partial charge is 0.237 e. The predicted molar refractivity (Wildman–Crippen MR) is 62.8 cm³/mol. The largest absolute Gasteiger partial charge is 0.463 e. The van der Waals surface area contributed by atoms with Gasteiger partial charge in [0.05, 0.1) is 16.3 Å². The topological polar surface area (TPSA) is 18.5 Å². The van der Waals surface area contributed by atoms with Crippen LogP contribution in [0.5, 0.6) is 5.75 Å². The van der Waals surface area contributed by atoms with Gasteiger partial charge in [-0.15, -0.1) is 0 Å². The van der Waals surface area contributed by atoms with Crippen molar-refractivity contribution in [1.82, 2.24) is 0 Å². The first kappa shape index (κ1) is 12.5. The highest BCUT2D eigenvalue weighted by molar-refractivity contribution is 6.40. The van der Waals surface area contributed by atoms with E-state index in [0.29, 0.717) is 20.8 Å². The van der Waals surface area contributed by atoms with E-state index in [0.717, 1.165) is 0 Å². The molecular formula is C10H9Cl3O2. The molecule has 5 heteroatoms. The molecule has 0 amide bonds. The molecule has 15 heavy (non-hydrogen) atoms. The highest BCUT2D eigenvalue weighted by atomic mass is 35.5. The second-order valence-corrected chi connectivity index (χ2v) is 3.94. The molecule has 0 aromatic heterocycles. The number of hydrogen-bond donors (Lipinski definition) is 0. The Morgan fingerprint density at radius 2 is 1.80 bits per heavy atom. The molecule has 82 valence electrons. The molecule has 0 aliphatic carbocycles. The molecule has 0 radical (unpaired) electrons. The summed E-state index contributed by atoms with van der Waals surface area (Å²) < 4.78 is 10.3. The van der Waals surface area contributed by atoms with Crippen LogP contribution in [-0.4, -0.2) is 6.29 Å². The van der Waals surface area contributed by atoms with Crippen LogP contribution < -0.4 is 4.74 Å². The monoisotopic (exact) mass is 266 g/mol. The molecule has 2 nitrogen and oxygen atoms in total. The number of benzene rings is 1. The van der Waals surface area contributed by atoms with Gasteiger partial charge in [-0.2, -0.15) is 0 Å². The molecule has 0 saturated heterocycles. The zero-order chi connectivity index (χ0) is 11.4. The highest BCUT2D eigenvalue weighted by Gasteiger charge is 2.12. The summed E-state index contributed by atoms with van der Waals surface area (Å²) in [5.74, 6) is 0.345. The number of halogens is 3. The fourth-order valence-corrected chi connectivity index (χ4v) is 1.88. The molecule has 0 fully saturated rings. The lowest BCUT2D eigenvalue weighted by molar-refractivity contribution is -0.0130. The highest BCUT2D eigenvalue weighted by Crippen LogP contribution is 2.36. The Bertz CT molecular complexity index is 343. The first-order valence-electron chi connectivity index (χ1n) is 4.12. The summed E-state index contributed by atoms with van der Waals surface area (Å²) >= 11 is 17.6. The summed E-state index contributed by atoms with van der Waals surface area (Å²) in [5.41, 5.74) is 0. The van der Waals surface area contributed by atoms with E-state index >= 15 is 0 Å². The quantitative estimate of drug-likeness (QED) is 0.589. The van der Waals surface area contributed by atoms with Crippen LogP contribution >= 0.6 is 34.8 Å². The normalized spacial score (nSPS) is 12.0. The van der Waals surface area contributed by atoms with Gasteiger partial charge < -0.3 is 9.47 Å². The van der Waals surface area contributed by atoms with Gasteiger partial charge >= 0.3 is 0 Å². The van der Waals surface area contributed by atoms with E-state index in [1.165, 1.54) is 6.26 Å². The van der Waals surface area contributed by atoms with E-state index in [-0.39, 0.29) is 0 Å². The lowest BCUT2D eigenvalue weighted by atomic mass is 10.3. The third kappa shape index (κ3) is 3.49. The molecule has 0 spiro atoms. The lowest BCUT2D eigenvalue weighted by Crippen LogP contribution is -2.13. The van der Waals surface area contributed by atoms with E-state index in [2.05, 4.69) is 6.58 Å². The van der Waals surface area contributed by atoms with Crippen LogP contribution in [0.3, 0.4) is 0 Å². The van der Waals surface area contributed by atoms with Gasteiger partial charge in [0, 0.05) is 11.9 Å². The minimum atomic E-state index is -0.515. The van der Waals surface area contributed by atoms with Crippen molar-refractivity contribution in [3.63, 3.8) is 0 Å². The first-order chi connectivity index (χ1) is 7.04. The molecule has 0 N–H and O–H groups in total. The minimum Gasteiger partial charge on any atom is -0.463 e. The van der Waals surface area contributed by atoms with Gasteiger partial charge in [-0.3, -0.25) is 0 Å². The molecular weight excluding hydrogens is 258 g/mol. The molecule has 1 aromatic carbocycles. The summed E-state index contributed by atoms with van der Waals surface area (Å²) in [7, 11) is 0. The molecule has 1 unspecified atom stereocenters. The van der Waals surface area contributed by atoms with Crippen LogP contribution in [0.15, 0.2) is 25.0 Å². The van der Waals surface area contributed by atoms with Crippen LogP contribution in [0, 0.1) is 0 Å². The zero-order valence-corrected chi connectivity index (χ0v) is 10.2. The van der Waals surface area contributed by atoms with Crippen molar-refractivity contribution in [3.05, 3.63) is 40.0 Å². The molecule has 0 aliphatic heterocycles. The molecule has 1 atom stereocenters. The van der Waals surface area contributed by atoms with Gasteiger partial charge in [-0.1, -0.05) is 41.4 Å². The van der Waals surface area contributed by atoms with E-state index in [9.17, 15) is 0 Å². The standard InChI is InChI=1S/C10H9Cl3O2/c1-3-14-6(2)15-10-8(12)4-7(11)5-9(10)13/h3-6H,1H2,2H3. The zero-order valence-electron chi connectivity index (χ0n) is 7.97. The van der Waals surface area contributed by atoms with Crippen LogP contribution in [0.2, 0.25) is 15.1 Å². The van der Waals surface area contributed by atoms with Gasteiger partial charge in [0.1, 0.15) is 0 Å². The Kier molecular flexibility index (Phi) is 4.58. The Balaban J connectivity index is 2.89. The van der Waals surface area contributed by atoms with E-state index < -0.39 is 6.29 Å². The third-order valence-electron chi connectivity index (χ3n) is 1.53. The Labute approximate surface area is 103 Å². The van der Waals surface area contributed by atoms with Gasteiger partial charge in [0.25, 0.3) is 0 Å². The maximum atomic E-state index is 5.90. The molecule has 1 aromatic rings. The van der Waals surface area contributed by atoms with Crippen molar-refractivity contribution >= 4 is 34.8 Å². The van der Waals surface area contributed by atoms with E-state index in [4.69, 9.17) is 44.3 Å². The van der Waals surface area contributed by atoms with Crippen LogP contribution in [0.25, 0.3) is 0 Å². The third-order valence-corrected chi connectivity index (χ3v) is 2.31. The van der Waals surface area contributed by atoms with Gasteiger partial charge in [-0.05, 0) is 12.1 Å². The van der Waals surface area contributed by atoms with Crippen molar-refractivity contribution in [3.8, 4) is 5.75 Å². The summed E-state index contributed by atoms with van der Waals surface area (Å²) in [6.45, 7) is 5.11. The van der Waals surface area contributed by atoms with Crippen molar-refractivity contribution in [2.75, 3.05) is 0 Å². The number of ether oxygens (including phenoxy) is 2. The van der Waals surface area contributed by atoms with Gasteiger partial charge in [0.15, 0.2) is 5.75 Å². The SMILES string of the molecule is C=COC(C)Oc1c(Cl)cc(Cl)cc1Cl. The molecule has 1 rings (SSSR count). The summed E-state index contributed by atoms with van der Waals surface area (Å²) in [6.07, 6.45) is 0.765. The Morgan fingerprint density at radius 3 is 2.27 bits per heavy atom. The van der Waals surface area contributed by atoms with Crippen molar-refractivity contribution in [1.29, 1.82) is 0 Å². The summed E-state index contributed by atoms with van der Waals surface area (Å²) in [6, 6.07) is 3.09. The van der Waals surface area contributed by atoms with Crippen molar-refractivity contribution in [2.24, 2.45) is 0 Å². The fraction of sp³-hybridized carbons (Fsp3) is 0.200. The van der Waals surface area contributed by atoms with Gasteiger partial charge in [-0.25, -0.2) is 0 Å². The second-order valence-electron chi connectivity index (χ2n) is 2.69. The van der Waals surface area contributed by atoms with E-state index in [1.54, 1.807) is 19.1 Å². The average molecular weight is 268 g/mol. The summed E-state index contributed by atoms with van der Waals surface area (Å²) in [4.78, 5) is 0. The molecule has 0 aliphatic rings. The fourth-order valence-electron chi connectivity index (χ4n) is 0.971. The van der Waals surface area contributed by atoms with Crippen LogP contribution in [-0.2, 0) is 4.74 Å². The summed E-state index contributed by atoms with van der Waals surface area (Å²) in [5, 5.41) is 1.13. The Hall–Kier alpha value is -0.570. The molecule has 0 bridgehead atoms. The van der Waals surface area contributed by atoms with Crippen molar-refractivity contribution in [2.45, 2.75) is 13.2 Å². The van der Waals surface area contributed by atoms with Crippen molar-refractivity contribution < 1.29 is 9.47 Å². The first-order valence-corrected chi connectivity index (χ1v) is 5.25. The van der Waals surface area contributed by atoms with Crippen LogP contribution in [0.4, 0.5) is 0 Å². The van der Waals surface area contributed by atoms with Gasteiger partial charge in [0.2, 0.25) is 6.29 Å². The lowest BCUT2D eigenvalue weighted by Gasteiger charge is -2.16. The maximum Gasteiger partial charge on any atom is 0.237 e. The Morgan fingerprint density at radius 1 is 1.27 bits per heavy atom.